The van der Waals surface area contributed by atoms with E-state index in [2.05, 4.69) is 19.1 Å². The summed E-state index contributed by atoms with van der Waals surface area (Å²) in [4.78, 5) is 26.1. The highest BCUT2D eigenvalue weighted by atomic mass is 16.2. The van der Waals surface area contributed by atoms with Crippen molar-refractivity contribution in [3.8, 4) is 0 Å². The van der Waals surface area contributed by atoms with E-state index in [1.807, 2.05) is 56.3 Å². The molecule has 0 saturated heterocycles. The summed E-state index contributed by atoms with van der Waals surface area (Å²) in [5.74, 6) is -0.134. The first-order chi connectivity index (χ1) is 11.2. The van der Waals surface area contributed by atoms with Gasteiger partial charge in [-0.3, -0.25) is 9.59 Å². The van der Waals surface area contributed by atoms with Crippen LogP contribution >= 0.6 is 0 Å². The van der Waals surface area contributed by atoms with Crippen molar-refractivity contribution >= 4 is 11.6 Å². The molecule has 0 aliphatic heterocycles. The first-order valence-corrected chi connectivity index (χ1v) is 8.40. The van der Waals surface area contributed by atoms with Crippen LogP contribution in [0.2, 0.25) is 0 Å². The summed E-state index contributed by atoms with van der Waals surface area (Å²) in [5, 5.41) is 0. The lowest BCUT2D eigenvalue weighted by Crippen LogP contribution is -2.58. The Morgan fingerprint density at radius 3 is 1.67 bits per heavy atom. The van der Waals surface area contributed by atoms with Crippen molar-refractivity contribution in [1.82, 2.24) is 0 Å². The minimum absolute atomic E-state index is 0.0671. The molecule has 124 valence electrons. The summed E-state index contributed by atoms with van der Waals surface area (Å²) in [6.07, 6.45) is 0. The number of carbonyl (C=O) groups is 2. The summed E-state index contributed by atoms with van der Waals surface area (Å²) >= 11 is 0. The molecule has 1 aliphatic carbocycles. The molecule has 0 amide bonds. The molecule has 0 N–H and O–H groups in total. The highest BCUT2D eigenvalue weighted by Crippen LogP contribution is 2.65. The SMILES string of the molecule is CC(=O)C1(C(C)=O)C(C)(C)c2ccccc2C1(C)c1ccccc1. The zero-order valence-corrected chi connectivity index (χ0v) is 15.0. The third kappa shape index (κ3) is 1.66. The van der Waals surface area contributed by atoms with Crippen LogP contribution in [0.5, 0.6) is 0 Å². The van der Waals surface area contributed by atoms with Gasteiger partial charge in [0.2, 0.25) is 0 Å². The smallest absolute Gasteiger partial charge is 0.145 e. The number of benzene rings is 2. The molecule has 0 saturated carbocycles. The van der Waals surface area contributed by atoms with Crippen LogP contribution in [-0.2, 0) is 20.4 Å². The normalized spacial score (nSPS) is 23.5. The summed E-state index contributed by atoms with van der Waals surface area (Å²) in [5.41, 5.74) is 0.782. The zero-order chi connectivity index (χ0) is 17.8. The first kappa shape index (κ1) is 16.6. The maximum absolute atomic E-state index is 13.1. The van der Waals surface area contributed by atoms with E-state index in [4.69, 9.17) is 0 Å². The van der Waals surface area contributed by atoms with Gasteiger partial charge in [0.05, 0.1) is 0 Å². The van der Waals surface area contributed by atoms with Gasteiger partial charge in [0.15, 0.2) is 0 Å². The van der Waals surface area contributed by atoms with E-state index in [0.717, 1.165) is 16.7 Å². The van der Waals surface area contributed by atoms with Gasteiger partial charge in [0, 0.05) is 10.8 Å². The molecule has 0 fully saturated rings. The maximum atomic E-state index is 13.1. The third-order valence-corrected chi connectivity index (χ3v) is 6.23. The molecule has 24 heavy (non-hydrogen) atoms. The maximum Gasteiger partial charge on any atom is 0.145 e. The van der Waals surface area contributed by atoms with Crippen LogP contribution in [0, 0.1) is 5.41 Å². The van der Waals surface area contributed by atoms with Crippen molar-refractivity contribution in [2.75, 3.05) is 0 Å². The number of hydrogen-bond donors (Lipinski definition) is 0. The van der Waals surface area contributed by atoms with Gasteiger partial charge < -0.3 is 0 Å². The molecule has 3 rings (SSSR count). The van der Waals surface area contributed by atoms with Gasteiger partial charge in [-0.1, -0.05) is 68.4 Å². The Bertz CT molecular complexity index is 803. The summed E-state index contributed by atoms with van der Waals surface area (Å²) in [6, 6.07) is 18.1. The molecule has 0 radical (unpaired) electrons. The van der Waals surface area contributed by atoms with E-state index in [1.165, 1.54) is 0 Å². The Morgan fingerprint density at radius 2 is 1.17 bits per heavy atom. The standard InChI is InChI=1S/C22H24O2/c1-15(23)22(16(2)24)20(3,4)18-13-9-10-14-19(18)21(22,5)17-11-7-6-8-12-17/h6-14H,1-5H3. The Kier molecular flexibility index (Phi) is 3.56. The van der Waals surface area contributed by atoms with Gasteiger partial charge in [-0.05, 0) is 37.5 Å². The highest BCUT2D eigenvalue weighted by Gasteiger charge is 2.70. The quantitative estimate of drug-likeness (QED) is 0.783. The lowest BCUT2D eigenvalue weighted by molar-refractivity contribution is -0.146. The van der Waals surface area contributed by atoms with Crippen LogP contribution in [0.1, 0.15) is 51.3 Å². The fraction of sp³-hybridized carbons (Fsp3) is 0.364. The summed E-state index contributed by atoms with van der Waals surface area (Å²) in [7, 11) is 0. The number of carbonyl (C=O) groups excluding carboxylic acids is 2. The van der Waals surface area contributed by atoms with Gasteiger partial charge in [-0.25, -0.2) is 0 Å². The minimum atomic E-state index is -1.12. The van der Waals surface area contributed by atoms with Gasteiger partial charge in [-0.2, -0.15) is 0 Å². The molecule has 2 heteroatoms. The fourth-order valence-electron chi connectivity index (χ4n) is 5.47. The van der Waals surface area contributed by atoms with Crippen molar-refractivity contribution in [2.45, 2.75) is 45.4 Å². The summed E-state index contributed by atoms with van der Waals surface area (Å²) < 4.78 is 0. The average molecular weight is 320 g/mol. The average Bonchev–Trinajstić information content (AvgIpc) is 2.71. The largest absolute Gasteiger partial charge is 0.299 e. The van der Waals surface area contributed by atoms with Crippen molar-refractivity contribution in [3.63, 3.8) is 0 Å². The summed E-state index contributed by atoms with van der Waals surface area (Å²) in [6.45, 7) is 9.25. The van der Waals surface area contributed by atoms with E-state index in [0.29, 0.717) is 0 Å². The molecular weight excluding hydrogens is 296 g/mol. The Hall–Kier alpha value is -2.22. The van der Waals surface area contributed by atoms with Gasteiger partial charge in [0.1, 0.15) is 17.0 Å². The second-order valence-corrected chi connectivity index (χ2v) is 7.52. The van der Waals surface area contributed by atoms with Crippen molar-refractivity contribution in [3.05, 3.63) is 71.3 Å². The minimum Gasteiger partial charge on any atom is -0.299 e. The highest BCUT2D eigenvalue weighted by molar-refractivity contribution is 6.10. The van der Waals surface area contributed by atoms with Crippen molar-refractivity contribution < 1.29 is 9.59 Å². The van der Waals surface area contributed by atoms with Crippen LogP contribution in [0.15, 0.2) is 54.6 Å². The molecule has 0 aromatic heterocycles. The Balaban J connectivity index is 2.52. The number of rotatable bonds is 3. The van der Waals surface area contributed by atoms with E-state index in [-0.39, 0.29) is 11.6 Å². The Labute approximate surface area is 143 Å². The predicted molar refractivity (Wildman–Crippen MR) is 96.2 cm³/mol. The first-order valence-electron chi connectivity index (χ1n) is 8.40. The molecule has 1 atom stereocenters. The number of hydrogen-bond acceptors (Lipinski definition) is 2. The van der Waals surface area contributed by atoms with Crippen LogP contribution in [0.3, 0.4) is 0 Å². The van der Waals surface area contributed by atoms with Crippen molar-refractivity contribution in [1.29, 1.82) is 0 Å². The molecule has 0 heterocycles. The van der Waals surface area contributed by atoms with Crippen LogP contribution in [0.25, 0.3) is 0 Å². The molecule has 1 unspecified atom stereocenters. The molecule has 2 aromatic rings. The van der Waals surface area contributed by atoms with Gasteiger partial charge in [0.25, 0.3) is 0 Å². The monoisotopic (exact) mass is 320 g/mol. The van der Waals surface area contributed by atoms with E-state index < -0.39 is 16.2 Å². The molecule has 2 aromatic carbocycles. The lowest BCUT2D eigenvalue weighted by Gasteiger charge is -2.48. The van der Waals surface area contributed by atoms with Crippen LogP contribution in [0.4, 0.5) is 0 Å². The van der Waals surface area contributed by atoms with Crippen LogP contribution < -0.4 is 0 Å². The zero-order valence-electron chi connectivity index (χ0n) is 15.0. The molecule has 0 bridgehead atoms. The molecule has 2 nitrogen and oxygen atoms in total. The number of fused-ring (bicyclic) bond motifs is 1. The van der Waals surface area contributed by atoms with Crippen LogP contribution in [-0.4, -0.2) is 11.6 Å². The number of ketones is 2. The molecule has 1 aliphatic rings. The predicted octanol–water partition coefficient (Wildman–Crippen LogP) is 4.45. The van der Waals surface area contributed by atoms with E-state index >= 15 is 0 Å². The Morgan fingerprint density at radius 1 is 0.708 bits per heavy atom. The molecular formula is C22H24O2. The number of Topliss-reactive ketones (excluding diaryl/α,β-unsaturated/α-hetero) is 2. The fourth-order valence-corrected chi connectivity index (χ4v) is 5.47. The van der Waals surface area contributed by atoms with E-state index in [9.17, 15) is 9.59 Å². The second kappa shape index (κ2) is 5.14. The lowest BCUT2D eigenvalue weighted by atomic mass is 9.50. The third-order valence-electron chi connectivity index (χ3n) is 6.23. The van der Waals surface area contributed by atoms with Gasteiger partial charge >= 0.3 is 0 Å². The van der Waals surface area contributed by atoms with E-state index in [1.54, 1.807) is 13.8 Å². The van der Waals surface area contributed by atoms with Gasteiger partial charge in [-0.15, -0.1) is 0 Å². The topological polar surface area (TPSA) is 34.1 Å². The second-order valence-electron chi connectivity index (χ2n) is 7.52. The van der Waals surface area contributed by atoms with Crippen molar-refractivity contribution in [2.24, 2.45) is 5.41 Å². The molecule has 0 spiro atoms.